The van der Waals surface area contributed by atoms with E-state index < -0.39 is 37.8 Å². The normalized spacial score (nSPS) is 11.0. The molecule has 0 aliphatic heterocycles. The van der Waals surface area contributed by atoms with Crippen LogP contribution in [0, 0.1) is 23.5 Å². The molecule has 12 heteroatoms. The molecule has 0 aliphatic rings. The van der Waals surface area contributed by atoms with Gasteiger partial charge in [0.1, 0.15) is 5.82 Å². The zero-order valence-corrected chi connectivity index (χ0v) is 19.2. The molecule has 3 aromatic rings. The smallest absolute Gasteiger partial charge is 0.267 e. The number of halogens is 3. The molecular weight excluding hydrogens is 476 g/mol. The average molecular weight is 494 g/mol. The predicted octanol–water partition coefficient (Wildman–Crippen LogP) is 3.83. The fraction of sp³-hybridized carbons (Fsp3) is 0.190. The van der Waals surface area contributed by atoms with E-state index >= 15 is 0 Å². The Hall–Kier alpha value is -3.49. The van der Waals surface area contributed by atoms with Crippen LogP contribution in [0.15, 0.2) is 41.7 Å². The summed E-state index contributed by atoms with van der Waals surface area (Å²) in [4.78, 5) is 11.5. The number of pyridine rings is 1. The summed E-state index contributed by atoms with van der Waals surface area (Å²) in [5, 5.41) is 3.03. The number of hydrogen-bond acceptors (Lipinski definition) is 7. The minimum Gasteiger partial charge on any atom is -0.480 e. The highest BCUT2D eigenvalue weighted by molar-refractivity contribution is 7.92. The summed E-state index contributed by atoms with van der Waals surface area (Å²) in [6.45, 7) is 3.84. The molecule has 0 fully saturated rings. The minimum atomic E-state index is -4.37. The topological polar surface area (TPSA) is 106 Å². The van der Waals surface area contributed by atoms with Crippen molar-refractivity contribution in [1.29, 1.82) is 0 Å². The van der Waals surface area contributed by atoms with E-state index in [1.807, 2.05) is 18.6 Å². The molecule has 0 spiro atoms. The van der Waals surface area contributed by atoms with Crippen molar-refractivity contribution in [3.8, 4) is 17.7 Å². The number of nitrogens with one attached hydrogen (secondary N) is 2. The van der Waals surface area contributed by atoms with Crippen LogP contribution in [0.25, 0.3) is 0 Å². The van der Waals surface area contributed by atoms with Crippen molar-refractivity contribution in [3.05, 3.63) is 64.6 Å². The van der Waals surface area contributed by atoms with Gasteiger partial charge in [0.15, 0.2) is 10.7 Å². The van der Waals surface area contributed by atoms with Gasteiger partial charge in [-0.15, -0.1) is 0 Å². The van der Waals surface area contributed by atoms with E-state index in [4.69, 9.17) is 16.3 Å². The van der Waals surface area contributed by atoms with E-state index in [1.165, 1.54) is 25.7 Å². The van der Waals surface area contributed by atoms with E-state index in [0.29, 0.717) is 11.5 Å². The third-order valence-electron chi connectivity index (χ3n) is 4.00. The lowest BCUT2D eigenvalue weighted by atomic mass is 10.1. The average Bonchev–Trinajstić information content (AvgIpc) is 2.76. The second-order valence-corrected chi connectivity index (χ2v) is 8.98. The highest BCUT2D eigenvalue weighted by atomic mass is 35.5. The van der Waals surface area contributed by atoms with Crippen LogP contribution in [0.3, 0.4) is 0 Å². The van der Waals surface area contributed by atoms with Gasteiger partial charge in [0.2, 0.25) is 11.8 Å². The summed E-state index contributed by atoms with van der Waals surface area (Å²) in [6, 6.07) is 3.05. The van der Waals surface area contributed by atoms with Crippen molar-refractivity contribution >= 4 is 33.3 Å². The lowest BCUT2D eigenvalue weighted by Crippen LogP contribution is -2.16. The first-order valence-electron chi connectivity index (χ1n) is 9.41. The number of hydrogen-bond donors (Lipinski definition) is 2. The molecular formula is C21H18ClF2N5O3S. The zero-order valence-electron chi connectivity index (χ0n) is 17.6. The van der Waals surface area contributed by atoms with E-state index in [-0.39, 0.29) is 16.9 Å². The van der Waals surface area contributed by atoms with Crippen LogP contribution in [-0.2, 0) is 10.0 Å². The number of rotatable bonds is 6. The van der Waals surface area contributed by atoms with E-state index in [2.05, 4.69) is 32.1 Å². The fourth-order valence-electron chi connectivity index (χ4n) is 2.56. The maximum atomic E-state index is 15.0. The van der Waals surface area contributed by atoms with Crippen molar-refractivity contribution in [3.63, 3.8) is 0 Å². The van der Waals surface area contributed by atoms with Gasteiger partial charge < -0.3 is 10.1 Å². The van der Waals surface area contributed by atoms with Gasteiger partial charge in [-0.1, -0.05) is 23.4 Å². The molecule has 0 saturated heterocycles. The standard InChI is InChI=1S/C21H18ClF2N5O3S/c1-12(2)28-21-26-9-13(10-27-21)4-5-15-16(23)6-7-17(19(15)24)29-33(30,31)18-8-14(22)11-25-20(18)32-3/h6-12,29H,1-3H3,(H,26,27,28). The molecule has 3 rings (SSSR count). The molecule has 0 amide bonds. The third kappa shape index (κ3) is 5.85. The second-order valence-electron chi connectivity index (χ2n) is 6.89. The van der Waals surface area contributed by atoms with E-state index in [1.54, 1.807) is 0 Å². The van der Waals surface area contributed by atoms with Crippen LogP contribution in [0.4, 0.5) is 20.4 Å². The first-order valence-corrected chi connectivity index (χ1v) is 11.3. The third-order valence-corrected chi connectivity index (χ3v) is 5.57. The first kappa shape index (κ1) is 24.2. The Morgan fingerprint density at radius 3 is 2.42 bits per heavy atom. The molecule has 0 saturated carbocycles. The molecule has 0 unspecified atom stereocenters. The minimum absolute atomic E-state index is 0.0270. The lowest BCUT2D eigenvalue weighted by Gasteiger charge is -2.12. The van der Waals surface area contributed by atoms with Gasteiger partial charge in [-0.05, 0) is 32.0 Å². The molecule has 0 bridgehead atoms. The molecule has 2 heterocycles. The number of benzene rings is 1. The van der Waals surface area contributed by atoms with E-state index in [0.717, 1.165) is 18.2 Å². The molecule has 8 nitrogen and oxygen atoms in total. The summed E-state index contributed by atoms with van der Waals surface area (Å²) in [5.74, 6) is 2.90. The van der Waals surface area contributed by atoms with Gasteiger partial charge in [0, 0.05) is 24.6 Å². The molecule has 172 valence electrons. The molecule has 0 radical (unpaired) electrons. The predicted molar refractivity (Wildman–Crippen MR) is 120 cm³/mol. The van der Waals surface area contributed by atoms with Crippen molar-refractivity contribution in [2.24, 2.45) is 0 Å². The van der Waals surface area contributed by atoms with Crippen LogP contribution in [0.2, 0.25) is 5.02 Å². The Bertz CT molecular complexity index is 1340. The maximum absolute atomic E-state index is 15.0. The van der Waals surface area contributed by atoms with Gasteiger partial charge in [-0.3, -0.25) is 4.72 Å². The maximum Gasteiger partial charge on any atom is 0.267 e. The van der Waals surface area contributed by atoms with Crippen molar-refractivity contribution < 1.29 is 21.9 Å². The number of nitrogens with zero attached hydrogens (tertiary/aromatic N) is 3. The second kappa shape index (κ2) is 9.97. The Balaban J connectivity index is 1.93. The Morgan fingerprint density at radius 2 is 1.79 bits per heavy atom. The Morgan fingerprint density at radius 1 is 1.09 bits per heavy atom. The Kier molecular flexibility index (Phi) is 7.30. The Labute approximate surface area is 194 Å². The lowest BCUT2D eigenvalue weighted by molar-refractivity contribution is 0.385. The molecule has 1 aromatic carbocycles. The summed E-state index contributed by atoms with van der Waals surface area (Å²) in [5.41, 5.74) is -0.838. The number of sulfonamides is 1. The van der Waals surface area contributed by atoms with Crippen LogP contribution >= 0.6 is 11.6 Å². The van der Waals surface area contributed by atoms with Crippen LogP contribution in [-0.4, -0.2) is 36.5 Å². The van der Waals surface area contributed by atoms with Crippen molar-refractivity contribution in [1.82, 2.24) is 15.0 Å². The zero-order chi connectivity index (χ0) is 24.2. The van der Waals surface area contributed by atoms with Crippen LogP contribution in [0.1, 0.15) is 25.0 Å². The quantitative estimate of drug-likeness (QED) is 0.502. The molecule has 0 atom stereocenters. The monoisotopic (exact) mass is 493 g/mol. The number of ether oxygens (including phenoxy) is 1. The number of methoxy groups -OCH3 is 1. The van der Waals surface area contributed by atoms with Gasteiger partial charge in [-0.25, -0.2) is 32.2 Å². The van der Waals surface area contributed by atoms with Crippen LogP contribution in [0.5, 0.6) is 5.88 Å². The van der Waals surface area contributed by atoms with Gasteiger partial charge in [0.25, 0.3) is 10.0 Å². The first-order chi connectivity index (χ1) is 15.6. The van der Waals surface area contributed by atoms with Gasteiger partial charge in [-0.2, -0.15) is 0 Å². The highest BCUT2D eigenvalue weighted by Crippen LogP contribution is 2.28. The summed E-state index contributed by atoms with van der Waals surface area (Å²) < 4.78 is 61.7. The van der Waals surface area contributed by atoms with Crippen LogP contribution < -0.4 is 14.8 Å². The van der Waals surface area contributed by atoms with Gasteiger partial charge >= 0.3 is 0 Å². The summed E-state index contributed by atoms with van der Waals surface area (Å²) in [6.07, 6.45) is 3.98. The molecule has 33 heavy (non-hydrogen) atoms. The summed E-state index contributed by atoms with van der Waals surface area (Å²) >= 11 is 5.83. The fourth-order valence-corrected chi connectivity index (χ4v) is 3.99. The number of aromatic nitrogens is 3. The largest absolute Gasteiger partial charge is 0.480 e. The SMILES string of the molecule is COc1ncc(Cl)cc1S(=O)(=O)Nc1ccc(F)c(C#Cc2cnc(NC(C)C)nc2)c1F. The van der Waals surface area contributed by atoms with Crippen molar-refractivity contribution in [2.75, 3.05) is 17.1 Å². The molecule has 2 aromatic heterocycles. The van der Waals surface area contributed by atoms with Crippen molar-refractivity contribution in [2.45, 2.75) is 24.8 Å². The molecule has 2 N–H and O–H groups in total. The van der Waals surface area contributed by atoms with E-state index in [9.17, 15) is 17.2 Å². The highest BCUT2D eigenvalue weighted by Gasteiger charge is 2.24. The number of anilines is 2. The summed E-state index contributed by atoms with van der Waals surface area (Å²) in [7, 11) is -3.15. The van der Waals surface area contributed by atoms with Gasteiger partial charge in [0.05, 0.1) is 28.9 Å². The molecule has 0 aliphatic carbocycles.